The molecule has 0 aromatic heterocycles. The molecule has 0 fully saturated rings. The summed E-state index contributed by atoms with van der Waals surface area (Å²) in [7, 11) is 1.68. The molecule has 0 heterocycles. The number of carbonyl (C=O) groups excluding carboxylic acids is 1. The highest BCUT2D eigenvalue weighted by Gasteiger charge is 2.22. The fourth-order valence-electron chi connectivity index (χ4n) is 1.81. The maximum Gasteiger partial charge on any atom is 0.410 e. The summed E-state index contributed by atoms with van der Waals surface area (Å²) in [6.45, 7) is 12.2. The van der Waals surface area contributed by atoms with Crippen LogP contribution in [-0.4, -0.2) is 67.7 Å². The lowest BCUT2D eigenvalue weighted by molar-refractivity contribution is 0.0163. The SMILES string of the molecule is COCC(C)CNCCN(CC(C)O)C(=O)OC(C)(C)C. The van der Waals surface area contributed by atoms with Gasteiger partial charge in [-0.15, -0.1) is 0 Å². The van der Waals surface area contributed by atoms with Crippen molar-refractivity contribution < 1.29 is 19.4 Å². The standard InChI is InChI=1S/C15H32N2O4/c1-12(11-20-6)9-16-7-8-17(10-13(2)18)14(19)21-15(3,4)5/h12-13,16,18H,7-11H2,1-6H3. The molecule has 0 saturated carbocycles. The van der Waals surface area contributed by atoms with Crippen molar-refractivity contribution in [3.8, 4) is 0 Å². The van der Waals surface area contributed by atoms with Gasteiger partial charge in [0, 0.05) is 33.4 Å². The van der Waals surface area contributed by atoms with Crippen LogP contribution in [0.25, 0.3) is 0 Å². The summed E-state index contributed by atoms with van der Waals surface area (Å²) in [5.74, 6) is 0.418. The number of nitrogens with zero attached hydrogens (tertiary/aromatic N) is 1. The van der Waals surface area contributed by atoms with Crippen molar-refractivity contribution in [2.45, 2.75) is 46.3 Å². The highest BCUT2D eigenvalue weighted by Crippen LogP contribution is 2.10. The van der Waals surface area contributed by atoms with Crippen LogP contribution in [0.1, 0.15) is 34.6 Å². The van der Waals surface area contributed by atoms with Gasteiger partial charge < -0.3 is 24.8 Å². The molecule has 126 valence electrons. The molecule has 0 bridgehead atoms. The minimum atomic E-state index is -0.579. The maximum absolute atomic E-state index is 12.1. The first-order valence-corrected chi connectivity index (χ1v) is 7.51. The summed E-state index contributed by atoms with van der Waals surface area (Å²) in [6.07, 6.45) is -0.972. The van der Waals surface area contributed by atoms with E-state index in [1.54, 1.807) is 14.0 Å². The molecule has 0 aliphatic rings. The Hall–Kier alpha value is -0.850. The molecular weight excluding hydrogens is 272 g/mol. The molecule has 0 radical (unpaired) electrons. The molecule has 1 amide bonds. The highest BCUT2D eigenvalue weighted by atomic mass is 16.6. The first-order valence-electron chi connectivity index (χ1n) is 7.51. The number of ether oxygens (including phenoxy) is 2. The quantitative estimate of drug-likeness (QED) is 0.631. The van der Waals surface area contributed by atoms with E-state index >= 15 is 0 Å². The van der Waals surface area contributed by atoms with Crippen molar-refractivity contribution >= 4 is 6.09 Å². The lowest BCUT2D eigenvalue weighted by Gasteiger charge is -2.28. The Balaban J connectivity index is 4.21. The third kappa shape index (κ3) is 11.5. The molecule has 0 aromatic carbocycles. The molecule has 0 spiro atoms. The normalized spacial score (nSPS) is 14.6. The van der Waals surface area contributed by atoms with E-state index in [1.165, 1.54) is 4.90 Å². The summed E-state index contributed by atoms with van der Waals surface area (Å²) < 4.78 is 10.4. The van der Waals surface area contributed by atoms with Crippen LogP contribution >= 0.6 is 0 Å². The zero-order chi connectivity index (χ0) is 16.5. The highest BCUT2D eigenvalue weighted by molar-refractivity contribution is 5.68. The summed E-state index contributed by atoms with van der Waals surface area (Å²) in [6, 6.07) is 0. The molecule has 0 aliphatic heterocycles. The number of rotatable bonds is 9. The van der Waals surface area contributed by atoms with Crippen LogP contribution in [0.5, 0.6) is 0 Å². The minimum absolute atomic E-state index is 0.268. The molecule has 2 atom stereocenters. The van der Waals surface area contributed by atoms with Crippen LogP contribution in [-0.2, 0) is 9.47 Å². The van der Waals surface area contributed by atoms with E-state index in [0.29, 0.717) is 25.6 Å². The summed E-state index contributed by atoms with van der Waals surface area (Å²) >= 11 is 0. The summed E-state index contributed by atoms with van der Waals surface area (Å²) in [5, 5.41) is 12.8. The Labute approximate surface area is 128 Å². The van der Waals surface area contributed by atoms with E-state index in [0.717, 1.165) is 6.54 Å². The Morgan fingerprint density at radius 3 is 2.43 bits per heavy atom. The third-order valence-electron chi connectivity index (χ3n) is 2.64. The fourth-order valence-corrected chi connectivity index (χ4v) is 1.81. The average molecular weight is 304 g/mol. The van der Waals surface area contributed by atoms with Crippen LogP contribution in [0, 0.1) is 5.92 Å². The predicted octanol–water partition coefficient (Wildman–Crippen LogP) is 1.48. The van der Waals surface area contributed by atoms with Crippen molar-refractivity contribution in [1.29, 1.82) is 0 Å². The van der Waals surface area contributed by atoms with Crippen LogP contribution < -0.4 is 5.32 Å². The lowest BCUT2D eigenvalue weighted by atomic mass is 10.2. The van der Waals surface area contributed by atoms with Crippen LogP contribution in [0.15, 0.2) is 0 Å². The second-order valence-corrected chi connectivity index (χ2v) is 6.54. The van der Waals surface area contributed by atoms with Crippen LogP contribution in [0.3, 0.4) is 0 Å². The predicted molar refractivity (Wildman–Crippen MR) is 83.4 cm³/mol. The van der Waals surface area contributed by atoms with E-state index in [-0.39, 0.29) is 6.54 Å². The Morgan fingerprint density at radius 2 is 1.95 bits per heavy atom. The monoisotopic (exact) mass is 304 g/mol. The van der Waals surface area contributed by atoms with Gasteiger partial charge in [-0.25, -0.2) is 4.79 Å². The molecule has 2 N–H and O–H groups in total. The van der Waals surface area contributed by atoms with Crippen molar-refractivity contribution in [2.24, 2.45) is 5.92 Å². The smallest absolute Gasteiger partial charge is 0.410 e. The fraction of sp³-hybridized carbons (Fsp3) is 0.933. The van der Waals surface area contributed by atoms with Gasteiger partial charge in [0.1, 0.15) is 5.60 Å². The van der Waals surface area contributed by atoms with Crippen molar-refractivity contribution in [2.75, 3.05) is 39.9 Å². The molecule has 6 nitrogen and oxygen atoms in total. The van der Waals surface area contributed by atoms with Gasteiger partial charge >= 0.3 is 6.09 Å². The van der Waals surface area contributed by atoms with Gasteiger partial charge in [0.15, 0.2) is 0 Å². The van der Waals surface area contributed by atoms with Crippen LogP contribution in [0.2, 0.25) is 0 Å². The van der Waals surface area contributed by atoms with Gasteiger partial charge in [-0.3, -0.25) is 0 Å². The Kier molecular flexibility index (Phi) is 9.57. The van der Waals surface area contributed by atoms with Gasteiger partial charge in [-0.05, 0) is 40.2 Å². The van der Waals surface area contributed by atoms with Crippen molar-refractivity contribution in [1.82, 2.24) is 10.2 Å². The van der Waals surface area contributed by atoms with E-state index in [9.17, 15) is 9.90 Å². The number of amides is 1. The van der Waals surface area contributed by atoms with Gasteiger partial charge in [0.2, 0.25) is 0 Å². The Morgan fingerprint density at radius 1 is 1.33 bits per heavy atom. The van der Waals surface area contributed by atoms with Gasteiger partial charge in [0.05, 0.1) is 6.10 Å². The van der Waals surface area contributed by atoms with Crippen molar-refractivity contribution in [3.63, 3.8) is 0 Å². The molecule has 0 aliphatic carbocycles. The molecular formula is C15H32N2O4. The number of methoxy groups -OCH3 is 1. The molecule has 6 heteroatoms. The first-order chi connectivity index (χ1) is 9.65. The number of nitrogens with one attached hydrogen (secondary N) is 1. The number of aliphatic hydroxyl groups is 1. The maximum atomic E-state index is 12.1. The summed E-state index contributed by atoms with van der Waals surface area (Å²) in [4.78, 5) is 13.6. The van der Waals surface area contributed by atoms with Crippen molar-refractivity contribution in [3.05, 3.63) is 0 Å². The summed E-state index contributed by atoms with van der Waals surface area (Å²) in [5.41, 5.74) is -0.533. The van der Waals surface area contributed by atoms with E-state index in [1.807, 2.05) is 20.8 Å². The van der Waals surface area contributed by atoms with Gasteiger partial charge in [-0.2, -0.15) is 0 Å². The topological polar surface area (TPSA) is 71.0 Å². The number of carbonyl (C=O) groups is 1. The average Bonchev–Trinajstić information content (AvgIpc) is 2.30. The Bertz CT molecular complexity index is 290. The van der Waals surface area contributed by atoms with Gasteiger partial charge in [0.25, 0.3) is 0 Å². The number of hydrogen-bond donors (Lipinski definition) is 2. The second-order valence-electron chi connectivity index (χ2n) is 6.54. The molecule has 0 rings (SSSR count). The zero-order valence-electron chi connectivity index (χ0n) is 14.3. The molecule has 21 heavy (non-hydrogen) atoms. The molecule has 2 unspecified atom stereocenters. The van der Waals surface area contributed by atoms with E-state index in [4.69, 9.17) is 9.47 Å². The molecule has 0 aromatic rings. The molecule has 0 saturated heterocycles. The van der Waals surface area contributed by atoms with Gasteiger partial charge in [-0.1, -0.05) is 6.92 Å². The number of aliphatic hydroxyl groups excluding tert-OH is 1. The lowest BCUT2D eigenvalue weighted by Crippen LogP contribution is -2.44. The first kappa shape index (κ1) is 20.1. The largest absolute Gasteiger partial charge is 0.444 e. The number of hydrogen-bond acceptors (Lipinski definition) is 5. The van der Waals surface area contributed by atoms with Crippen LogP contribution in [0.4, 0.5) is 4.79 Å². The third-order valence-corrected chi connectivity index (χ3v) is 2.64. The second kappa shape index (κ2) is 9.97. The van der Waals surface area contributed by atoms with E-state index in [2.05, 4.69) is 12.2 Å². The minimum Gasteiger partial charge on any atom is -0.444 e. The zero-order valence-corrected chi connectivity index (χ0v) is 14.3. The van der Waals surface area contributed by atoms with E-state index < -0.39 is 17.8 Å².